The topological polar surface area (TPSA) is 52.6 Å². The van der Waals surface area contributed by atoms with Crippen LogP contribution >= 0.6 is 0 Å². The van der Waals surface area contributed by atoms with E-state index in [0.29, 0.717) is 6.04 Å². The summed E-state index contributed by atoms with van der Waals surface area (Å²) >= 11 is 0. The van der Waals surface area contributed by atoms with E-state index in [1.54, 1.807) is 0 Å². The lowest BCUT2D eigenvalue weighted by Gasteiger charge is -2.21. The lowest BCUT2D eigenvalue weighted by Crippen LogP contribution is -2.40. The third-order valence-electron chi connectivity index (χ3n) is 4.53. The van der Waals surface area contributed by atoms with Crippen LogP contribution in [0.3, 0.4) is 0 Å². The van der Waals surface area contributed by atoms with Crippen molar-refractivity contribution < 1.29 is 0 Å². The highest BCUT2D eigenvalue weighted by atomic mass is 15.2. The molecule has 0 radical (unpaired) electrons. The van der Waals surface area contributed by atoms with Gasteiger partial charge in [0.2, 0.25) is 0 Å². The SMILES string of the molecule is CCNC(=NCC1CCCN1CC)NCCc1ccncc1C. The minimum atomic E-state index is 0.609. The third kappa shape index (κ3) is 5.50. The van der Waals surface area contributed by atoms with Crippen molar-refractivity contribution in [1.29, 1.82) is 0 Å². The van der Waals surface area contributed by atoms with Crippen molar-refractivity contribution in [3.05, 3.63) is 29.6 Å². The van der Waals surface area contributed by atoms with E-state index < -0.39 is 0 Å². The molecule has 0 aliphatic carbocycles. The molecule has 2 heterocycles. The first-order valence-electron chi connectivity index (χ1n) is 8.90. The molecule has 5 heteroatoms. The average Bonchev–Trinajstić information content (AvgIpc) is 3.02. The molecule has 2 N–H and O–H groups in total. The van der Waals surface area contributed by atoms with Gasteiger partial charge in [0.15, 0.2) is 5.96 Å². The first kappa shape index (κ1) is 17.7. The summed E-state index contributed by atoms with van der Waals surface area (Å²) in [7, 11) is 0. The van der Waals surface area contributed by atoms with Crippen molar-refractivity contribution in [2.45, 2.75) is 46.1 Å². The molecule has 1 aromatic heterocycles. The number of likely N-dealkylation sites (tertiary alicyclic amines) is 1. The van der Waals surface area contributed by atoms with Crippen molar-refractivity contribution in [2.24, 2.45) is 4.99 Å². The largest absolute Gasteiger partial charge is 0.357 e. The van der Waals surface area contributed by atoms with Gasteiger partial charge in [-0.2, -0.15) is 0 Å². The van der Waals surface area contributed by atoms with Gasteiger partial charge < -0.3 is 10.6 Å². The van der Waals surface area contributed by atoms with Crippen LogP contribution in [0.15, 0.2) is 23.5 Å². The van der Waals surface area contributed by atoms with E-state index in [9.17, 15) is 0 Å². The zero-order valence-corrected chi connectivity index (χ0v) is 14.8. The fraction of sp³-hybridized carbons (Fsp3) is 0.667. The van der Waals surface area contributed by atoms with E-state index in [4.69, 9.17) is 4.99 Å². The fourth-order valence-electron chi connectivity index (χ4n) is 3.15. The molecule has 23 heavy (non-hydrogen) atoms. The molecule has 0 aromatic carbocycles. The van der Waals surface area contributed by atoms with Crippen LogP contribution in [-0.2, 0) is 6.42 Å². The van der Waals surface area contributed by atoms with E-state index in [-0.39, 0.29) is 0 Å². The lowest BCUT2D eigenvalue weighted by atomic mass is 10.1. The number of aromatic nitrogens is 1. The summed E-state index contributed by atoms with van der Waals surface area (Å²) < 4.78 is 0. The molecule has 1 unspecified atom stereocenters. The van der Waals surface area contributed by atoms with Gasteiger partial charge in [-0.05, 0) is 63.4 Å². The van der Waals surface area contributed by atoms with Crippen LogP contribution in [0.5, 0.6) is 0 Å². The van der Waals surface area contributed by atoms with Crippen molar-refractivity contribution in [2.75, 3.05) is 32.7 Å². The van der Waals surface area contributed by atoms with Crippen LogP contribution in [0.25, 0.3) is 0 Å². The van der Waals surface area contributed by atoms with Gasteiger partial charge in [0.1, 0.15) is 0 Å². The number of pyridine rings is 1. The predicted octanol–water partition coefficient (Wildman–Crippen LogP) is 1.97. The quantitative estimate of drug-likeness (QED) is 0.596. The van der Waals surface area contributed by atoms with Gasteiger partial charge in [-0.3, -0.25) is 14.9 Å². The number of rotatable bonds is 7. The molecule has 1 aliphatic heterocycles. The van der Waals surface area contributed by atoms with Gasteiger partial charge in [0.25, 0.3) is 0 Å². The Balaban J connectivity index is 1.83. The minimum Gasteiger partial charge on any atom is -0.357 e. The standard InChI is InChI=1S/C18H31N5/c1-4-20-18(22-14-17-7-6-12-23(17)5-2)21-11-9-16-8-10-19-13-15(16)3/h8,10,13,17H,4-7,9,11-12,14H2,1-3H3,(H2,20,21,22). The Bertz CT molecular complexity index is 500. The number of aliphatic imine (C=N–C) groups is 1. The molecule has 1 saturated heterocycles. The summed E-state index contributed by atoms with van der Waals surface area (Å²) in [5.41, 5.74) is 2.59. The summed E-state index contributed by atoms with van der Waals surface area (Å²) in [4.78, 5) is 11.5. The van der Waals surface area contributed by atoms with Crippen LogP contribution in [0.2, 0.25) is 0 Å². The fourth-order valence-corrected chi connectivity index (χ4v) is 3.15. The highest BCUT2D eigenvalue weighted by molar-refractivity contribution is 5.79. The maximum atomic E-state index is 4.79. The summed E-state index contributed by atoms with van der Waals surface area (Å²) in [5, 5.41) is 6.80. The van der Waals surface area contributed by atoms with E-state index in [2.05, 4.69) is 47.4 Å². The molecule has 5 nitrogen and oxygen atoms in total. The van der Waals surface area contributed by atoms with Gasteiger partial charge in [-0.1, -0.05) is 6.92 Å². The summed E-state index contributed by atoms with van der Waals surface area (Å²) in [6.07, 6.45) is 7.35. The van der Waals surface area contributed by atoms with Gasteiger partial charge in [-0.15, -0.1) is 0 Å². The Morgan fingerprint density at radius 2 is 2.26 bits per heavy atom. The Hall–Kier alpha value is -1.62. The van der Waals surface area contributed by atoms with Crippen molar-refractivity contribution >= 4 is 5.96 Å². The van der Waals surface area contributed by atoms with Gasteiger partial charge in [0, 0.05) is 31.5 Å². The van der Waals surface area contributed by atoms with Crippen LogP contribution in [0, 0.1) is 6.92 Å². The number of nitrogens with one attached hydrogen (secondary N) is 2. The molecular weight excluding hydrogens is 286 g/mol. The number of likely N-dealkylation sites (N-methyl/N-ethyl adjacent to an activating group) is 1. The highest BCUT2D eigenvalue weighted by Crippen LogP contribution is 2.16. The molecule has 0 amide bonds. The lowest BCUT2D eigenvalue weighted by molar-refractivity contribution is 0.273. The molecular formula is C18H31N5. The Morgan fingerprint density at radius 3 is 3.00 bits per heavy atom. The molecule has 0 bridgehead atoms. The zero-order valence-electron chi connectivity index (χ0n) is 14.8. The van der Waals surface area contributed by atoms with Crippen molar-refractivity contribution in [3.8, 4) is 0 Å². The second kappa shape index (κ2) is 9.50. The number of guanidine groups is 1. The second-order valence-corrected chi connectivity index (χ2v) is 6.12. The van der Waals surface area contributed by atoms with Gasteiger partial charge >= 0.3 is 0 Å². The monoisotopic (exact) mass is 317 g/mol. The average molecular weight is 317 g/mol. The van der Waals surface area contributed by atoms with Crippen molar-refractivity contribution in [3.63, 3.8) is 0 Å². The van der Waals surface area contributed by atoms with E-state index in [1.807, 2.05) is 12.4 Å². The molecule has 1 atom stereocenters. The Labute approximate surface area is 140 Å². The number of hydrogen-bond acceptors (Lipinski definition) is 3. The number of nitrogens with zero attached hydrogens (tertiary/aromatic N) is 3. The molecule has 1 aliphatic rings. The van der Waals surface area contributed by atoms with Crippen LogP contribution < -0.4 is 10.6 Å². The molecule has 0 saturated carbocycles. The normalized spacial score (nSPS) is 19.1. The maximum absolute atomic E-state index is 4.79. The maximum Gasteiger partial charge on any atom is 0.191 e. The van der Waals surface area contributed by atoms with Crippen LogP contribution in [-0.4, -0.2) is 54.6 Å². The molecule has 0 spiro atoms. The second-order valence-electron chi connectivity index (χ2n) is 6.12. The first-order valence-corrected chi connectivity index (χ1v) is 8.90. The molecule has 1 fully saturated rings. The van der Waals surface area contributed by atoms with Gasteiger partial charge in [0.05, 0.1) is 6.54 Å². The predicted molar refractivity (Wildman–Crippen MR) is 96.9 cm³/mol. The zero-order chi connectivity index (χ0) is 16.5. The molecule has 2 rings (SSSR count). The minimum absolute atomic E-state index is 0.609. The van der Waals surface area contributed by atoms with E-state index >= 15 is 0 Å². The van der Waals surface area contributed by atoms with E-state index in [1.165, 1.54) is 30.5 Å². The van der Waals surface area contributed by atoms with Crippen molar-refractivity contribution in [1.82, 2.24) is 20.5 Å². The molecule has 128 valence electrons. The third-order valence-corrected chi connectivity index (χ3v) is 4.53. The Kier molecular flexibility index (Phi) is 7.33. The van der Waals surface area contributed by atoms with Crippen LogP contribution in [0.4, 0.5) is 0 Å². The summed E-state index contributed by atoms with van der Waals surface area (Å²) in [5.74, 6) is 0.933. The number of aryl methyl sites for hydroxylation is 1. The van der Waals surface area contributed by atoms with Gasteiger partial charge in [-0.25, -0.2) is 0 Å². The number of hydrogen-bond donors (Lipinski definition) is 2. The summed E-state index contributed by atoms with van der Waals surface area (Å²) in [6.45, 7) is 11.5. The Morgan fingerprint density at radius 1 is 1.39 bits per heavy atom. The van der Waals surface area contributed by atoms with E-state index in [0.717, 1.165) is 38.6 Å². The first-order chi connectivity index (χ1) is 11.2. The highest BCUT2D eigenvalue weighted by Gasteiger charge is 2.22. The van der Waals surface area contributed by atoms with Crippen LogP contribution in [0.1, 0.15) is 37.8 Å². The smallest absolute Gasteiger partial charge is 0.191 e. The molecule has 1 aromatic rings. The summed E-state index contributed by atoms with van der Waals surface area (Å²) in [6, 6.07) is 2.71.